The molecular weight excluding hydrogens is 198 g/mol. The molecule has 92 valence electrons. The zero-order chi connectivity index (χ0) is 11.8. The highest BCUT2D eigenvalue weighted by Gasteiger charge is 2.46. The van der Waals surface area contributed by atoms with Gasteiger partial charge in [-0.15, -0.1) is 0 Å². The summed E-state index contributed by atoms with van der Waals surface area (Å²) < 4.78 is 0. The molecule has 0 aromatic carbocycles. The van der Waals surface area contributed by atoms with Crippen LogP contribution in [-0.2, 0) is 4.79 Å². The molecular formula is C14H25NO. The van der Waals surface area contributed by atoms with Crippen LogP contribution in [0.25, 0.3) is 0 Å². The van der Waals surface area contributed by atoms with Crippen LogP contribution in [0.4, 0.5) is 0 Å². The van der Waals surface area contributed by atoms with Gasteiger partial charge in [0.2, 0.25) is 0 Å². The third kappa shape index (κ3) is 1.92. The largest absolute Gasteiger partial charge is 0.297 e. The van der Waals surface area contributed by atoms with E-state index in [1.807, 2.05) is 0 Å². The summed E-state index contributed by atoms with van der Waals surface area (Å²) in [6.45, 7) is 2.30. The number of likely N-dealkylation sites (N-methyl/N-ethyl adjacent to an activating group) is 1. The lowest BCUT2D eigenvalue weighted by molar-refractivity contribution is -0.139. The molecule has 16 heavy (non-hydrogen) atoms. The van der Waals surface area contributed by atoms with Crippen LogP contribution < -0.4 is 0 Å². The highest BCUT2D eigenvalue weighted by Crippen LogP contribution is 2.41. The summed E-state index contributed by atoms with van der Waals surface area (Å²) in [5, 5.41) is 0. The second kappa shape index (κ2) is 4.48. The molecule has 2 aliphatic rings. The Balaban J connectivity index is 2.16. The second-order valence-corrected chi connectivity index (χ2v) is 6.12. The van der Waals surface area contributed by atoms with Crippen molar-refractivity contribution in [3.63, 3.8) is 0 Å². The number of carbonyl (C=O) groups is 1. The third-order valence-electron chi connectivity index (χ3n) is 4.76. The maximum atomic E-state index is 12.6. The molecule has 0 aromatic heterocycles. The van der Waals surface area contributed by atoms with E-state index < -0.39 is 0 Å². The van der Waals surface area contributed by atoms with E-state index in [9.17, 15) is 4.79 Å². The minimum atomic E-state index is -0.122. The zero-order valence-corrected chi connectivity index (χ0v) is 11.0. The summed E-state index contributed by atoms with van der Waals surface area (Å²) in [6, 6.07) is 0. The van der Waals surface area contributed by atoms with Gasteiger partial charge in [-0.3, -0.25) is 9.69 Å². The predicted molar refractivity (Wildman–Crippen MR) is 66.4 cm³/mol. The average Bonchev–Trinajstić information content (AvgIpc) is 2.14. The molecule has 0 bridgehead atoms. The molecule has 0 radical (unpaired) electrons. The molecule has 0 saturated heterocycles. The van der Waals surface area contributed by atoms with Crippen molar-refractivity contribution in [2.45, 2.75) is 57.4 Å². The summed E-state index contributed by atoms with van der Waals surface area (Å²) in [4.78, 5) is 14.9. The number of rotatable bonds is 3. The summed E-state index contributed by atoms with van der Waals surface area (Å²) in [7, 11) is 4.18. The van der Waals surface area contributed by atoms with Crippen molar-refractivity contribution in [3.8, 4) is 0 Å². The highest BCUT2D eigenvalue weighted by atomic mass is 16.1. The molecule has 0 aromatic rings. The van der Waals surface area contributed by atoms with E-state index in [1.54, 1.807) is 0 Å². The van der Waals surface area contributed by atoms with Gasteiger partial charge in [-0.1, -0.05) is 26.2 Å². The highest BCUT2D eigenvalue weighted by molar-refractivity contribution is 5.91. The SMILES string of the molecule is CC1CCCC(C(=O)C2CCC2)(N(C)C)C1. The molecule has 2 nitrogen and oxygen atoms in total. The molecule has 2 unspecified atom stereocenters. The third-order valence-corrected chi connectivity index (χ3v) is 4.76. The Morgan fingerprint density at radius 2 is 1.88 bits per heavy atom. The number of Topliss-reactive ketones (excluding diaryl/α,β-unsaturated/α-hetero) is 1. The van der Waals surface area contributed by atoms with E-state index in [0.29, 0.717) is 17.6 Å². The van der Waals surface area contributed by atoms with E-state index in [2.05, 4.69) is 25.9 Å². The van der Waals surface area contributed by atoms with Crippen molar-refractivity contribution >= 4 is 5.78 Å². The first kappa shape index (κ1) is 12.1. The topological polar surface area (TPSA) is 20.3 Å². The van der Waals surface area contributed by atoms with Gasteiger partial charge in [0.25, 0.3) is 0 Å². The first-order valence-corrected chi connectivity index (χ1v) is 6.78. The van der Waals surface area contributed by atoms with Gasteiger partial charge in [-0.05, 0) is 45.7 Å². The number of hydrogen-bond acceptors (Lipinski definition) is 2. The second-order valence-electron chi connectivity index (χ2n) is 6.12. The lowest BCUT2D eigenvalue weighted by Gasteiger charge is -2.46. The van der Waals surface area contributed by atoms with Gasteiger partial charge in [0.1, 0.15) is 0 Å². The molecule has 0 heterocycles. The van der Waals surface area contributed by atoms with Crippen LogP contribution in [0.5, 0.6) is 0 Å². The van der Waals surface area contributed by atoms with E-state index in [4.69, 9.17) is 0 Å². The van der Waals surface area contributed by atoms with Crippen molar-refractivity contribution in [2.75, 3.05) is 14.1 Å². The molecule has 2 heteroatoms. The minimum Gasteiger partial charge on any atom is -0.297 e. The predicted octanol–water partition coefficient (Wildman–Crippen LogP) is 2.87. The first-order valence-electron chi connectivity index (χ1n) is 6.78. The van der Waals surface area contributed by atoms with Crippen LogP contribution in [0.1, 0.15) is 51.9 Å². The van der Waals surface area contributed by atoms with Gasteiger partial charge in [0, 0.05) is 5.92 Å². The van der Waals surface area contributed by atoms with Crippen LogP contribution >= 0.6 is 0 Å². The molecule has 2 fully saturated rings. The number of nitrogens with zero attached hydrogens (tertiary/aromatic N) is 1. The Labute approximate surface area is 99.4 Å². The van der Waals surface area contributed by atoms with Crippen LogP contribution in [0.2, 0.25) is 0 Å². The number of ketones is 1. The zero-order valence-electron chi connectivity index (χ0n) is 11.0. The molecule has 0 amide bonds. The van der Waals surface area contributed by atoms with Gasteiger partial charge >= 0.3 is 0 Å². The van der Waals surface area contributed by atoms with Gasteiger partial charge in [0.15, 0.2) is 5.78 Å². The standard InChI is InChI=1S/C14H25NO/c1-11-6-5-9-14(10-11,15(2)3)13(16)12-7-4-8-12/h11-12H,4-10H2,1-3H3. The Morgan fingerprint density at radius 1 is 1.19 bits per heavy atom. The van der Waals surface area contributed by atoms with Crippen molar-refractivity contribution in [2.24, 2.45) is 11.8 Å². The Morgan fingerprint density at radius 3 is 2.31 bits per heavy atom. The lowest BCUT2D eigenvalue weighted by Crippen LogP contribution is -2.56. The van der Waals surface area contributed by atoms with Crippen molar-refractivity contribution in [1.82, 2.24) is 4.90 Å². The molecule has 0 spiro atoms. The Bertz CT molecular complexity index is 270. The molecule has 2 aliphatic carbocycles. The van der Waals surface area contributed by atoms with Crippen LogP contribution in [0, 0.1) is 11.8 Å². The Hall–Kier alpha value is -0.370. The van der Waals surface area contributed by atoms with Gasteiger partial charge in [-0.25, -0.2) is 0 Å². The average molecular weight is 223 g/mol. The lowest BCUT2D eigenvalue weighted by atomic mass is 9.66. The van der Waals surface area contributed by atoms with E-state index in [0.717, 1.165) is 25.7 Å². The van der Waals surface area contributed by atoms with Crippen molar-refractivity contribution in [3.05, 3.63) is 0 Å². The van der Waals surface area contributed by atoms with E-state index in [-0.39, 0.29) is 5.54 Å². The fourth-order valence-corrected chi connectivity index (χ4v) is 3.42. The first-order chi connectivity index (χ1) is 7.56. The molecule has 2 rings (SSSR count). The van der Waals surface area contributed by atoms with Gasteiger partial charge < -0.3 is 0 Å². The van der Waals surface area contributed by atoms with Gasteiger partial charge in [0.05, 0.1) is 5.54 Å². The number of hydrogen-bond donors (Lipinski definition) is 0. The molecule has 0 aliphatic heterocycles. The van der Waals surface area contributed by atoms with Crippen molar-refractivity contribution in [1.29, 1.82) is 0 Å². The molecule has 2 atom stereocenters. The van der Waals surface area contributed by atoms with Gasteiger partial charge in [-0.2, -0.15) is 0 Å². The van der Waals surface area contributed by atoms with Crippen molar-refractivity contribution < 1.29 is 4.79 Å². The fraction of sp³-hybridized carbons (Fsp3) is 0.929. The minimum absolute atomic E-state index is 0.122. The molecule has 2 saturated carbocycles. The van der Waals surface area contributed by atoms with E-state index in [1.165, 1.54) is 19.3 Å². The fourth-order valence-electron chi connectivity index (χ4n) is 3.42. The summed E-state index contributed by atoms with van der Waals surface area (Å²) in [5.74, 6) is 1.64. The van der Waals surface area contributed by atoms with Crippen LogP contribution in [-0.4, -0.2) is 30.3 Å². The normalized spacial score (nSPS) is 36.1. The van der Waals surface area contributed by atoms with E-state index >= 15 is 0 Å². The maximum absolute atomic E-state index is 12.6. The smallest absolute Gasteiger partial charge is 0.156 e. The summed E-state index contributed by atoms with van der Waals surface area (Å²) in [6.07, 6.45) is 8.22. The van der Waals surface area contributed by atoms with Crippen LogP contribution in [0.15, 0.2) is 0 Å². The van der Waals surface area contributed by atoms with Crippen LogP contribution in [0.3, 0.4) is 0 Å². The summed E-state index contributed by atoms with van der Waals surface area (Å²) >= 11 is 0. The Kier molecular flexibility index (Phi) is 3.39. The number of carbonyl (C=O) groups excluding carboxylic acids is 1. The maximum Gasteiger partial charge on any atom is 0.156 e. The quantitative estimate of drug-likeness (QED) is 0.733. The molecule has 0 N–H and O–H groups in total. The monoisotopic (exact) mass is 223 g/mol. The summed E-state index contributed by atoms with van der Waals surface area (Å²) in [5.41, 5.74) is -0.122.